The summed E-state index contributed by atoms with van der Waals surface area (Å²) in [6.07, 6.45) is 1.12. The maximum absolute atomic E-state index is 9.20. The van der Waals surface area contributed by atoms with Crippen molar-refractivity contribution in [1.29, 1.82) is 0 Å². The highest BCUT2D eigenvalue weighted by atomic mass is 16.5. The Labute approximate surface area is 65.2 Å². The SMILES string of the molecule is COCc1[nH]ncc1C(C)O. The molecule has 0 radical (unpaired) electrons. The van der Waals surface area contributed by atoms with Gasteiger partial charge in [0.2, 0.25) is 0 Å². The molecular weight excluding hydrogens is 144 g/mol. The van der Waals surface area contributed by atoms with E-state index in [1.54, 1.807) is 20.2 Å². The average molecular weight is 156 g/mol. The van der Waals surface area contributed by atoms with Gasteiger partial charge in [0, 0.05) is 12.7 Å². The van der Waals surface area contributed by atoms with Gasteiger partial charge in [0.1, 0.15) is 0 Å². The molecule has 0 saturated heterocycles. The van der Waals surface area contributed by atoms with Crippen molar-refractivity contribution >= 4 is 0 Å². The molecule has 1 rings (SSSR count). The third-order valence-electron chi connectivity index (χ3n) is 1.49. The van der Waals surface area contributed by atoms with E-state index in [1.807, 2.05) is 0 Å². The molecule has 0 saturated carbocycles. The van der Waals surface area contributed by atoms with Crippen LogP contribution in [0.25, 0.3) is 0 Å². The molecule has 1 aromatic rings. The number of ether oxygens (including phenoxy) is 1. The van der Waals surface area contributed by atoms with Gasteiger partial charge in [0.25, 0.3) is 0 Å². The van der Waals surface area contributed by atoms with Gasteiger partial charge in [-0.3, -0.25) is 5.10 Å². The Morgan fingerprint density at radius 2 is 2.55 bits per heavy atom. The van der Waals surface area contributed by atoms with Gasteiger partial charge >= 0.3 is 0 Å². The van der Waals surface area contributed by atoms with Crippen LogP contribution in [0.2, 0.25) is 0 Å². The number of nitrogens with zero attached hydrogens (tertiary/aromatic N) is 1. The van der Waals surface area contributed by atoms with Gasteiger partial charge in [-0.25, -0.2) is 0 Å². The van der Waals surface area contributed by atoms with E-state index in [4.69, 9.17) is 4.74 Å². The van der Waals surface area contributed by atoms with Crippen molar-refractivity contribution in [3.8, 4) is 0 Å². The van der Waals surface area contributed by atoms with E-state index in [-0.39, 0.29) is 0 Å². The van der Waals surface area contributed by atoms with Gasteiger partial charge in [-0.15, -0.1) is 0 Å². The zero-order chi connectivity index (χ0) is 8.27. The maximum atomic E-state index is 9.20. The van der Waals surface area contributed by atoms with Crippen LogP contribution in [0.4, 0.5) is 0 Å². The van der Waals surface area contributed by atoms with Gasteiger partial charge < -0.3 is 9.84 Å². The first-order valence-corrected chi connectivity index (χ1v) is 3.45. The second-order valence-corrected chi connectivity index (χ2v) is 2.41. The normalized spacial score (nSPS) is 13.4. The summed E-state index contributed by atoms with van der Waals surface area (Å²) >= 11 is 0. The van der Waals surface area contributed by atoms with E-state index in [0.29, 0.717) is 6.61 Å². The summed E-state index contributed by atoms with van der Waals surface area (Å²) in [6, 6.07) is 0. The molecule has 0 amide bonds. The van der Waals surface area contributed by atoms with Crippen molar-refractivity contribution in [2.24, 2.45) is 0 Å². The predicted molar refractivity (Wildman–Crippen MR) is 39.9 cm³/mol. The Morgan fingerprint density at radius 1 is 1.82 bits per heavy atom. The highest BCUT2D eigenvalue weighted by molar-refractivity contribution is 5.17. The van der Waals surface area contributed by atoms with Crippen LogP contribution in [0.1, 0.15) is 24.3 Å². The first-order chi connectivity index (χ1) is 5.25. The van der Waals surface area contributed by atoms with Crippen LogP contribution in [0.3, 0.4) is 0 Å². The summed E-state index contributed by atoms with van der Waals surface area (Å²) in [6.45, 7) is 2.16. The number of hydrogen-bond acceptors (Lipinski definition) is 3. The highest BCUT2D eigenvalue weighted by Gasteiger charge is 2.08. The van der Waals surface area contributed by atoms with Crippen LogP contribution in [0, 0.1) is 0 Å². The summed E-state index contributed by atoms with van der Waals surface area (Å²) in [5, 5.41) is 15.8. The van der Waals surface area contributed by atoms with Crippen LogP contribution in [0.15, 0.2) is 6.20 Å². The lowest BCUT2D eigenvalue weighted by atomic mass is 10.2. The Bertz CT molecular complexity index is 220. The predicted octanol–water partition coefficient (Wildman–Crippen LogP) is 0.609. The number of aromatic amines is 1. The summed E-state index contributed by atoms with van der Waals surface area (Å²) < 4.78 is 4.89. The minimum absolute atomic E-state index is 0.459. The highest BCUT2D eigenvalue weighted by Crippen LogP contribution is 2.14. The zero-order valence-corrected chi connectivity index (χ0v) is 6.66. The zero-order valence-electron chi connectivity index (χ0n) is 6.66. The van der Waals surface area contributed by atoms with E-state index in [0.717, 1.165) is 11.3 Å². The number of methoxy groups -OCH3 is 1. The fraction of sp³-hybridized carbons (Fsp3) is 0.571. The maximum Gasteiger partial charge on any atom is 0.0882 e. The molecule has 0 spiro atoms. The lowest BCUT2D eigenvalue weighted by molar-refractivity contribution is 0.168. The molecule has 4 nitrogen and oxygen atoms in total. The fourth-order valence-electron chi connectivity index (χ4n) is 0.942. The number of rotatable bonds is 3. The van der Waals surface area contributed by atoms with Gasteiger partial charge in [-0.2, -0.15) is 5.10 Å². The lowest BCUT2D eigenvalue weighted by Gasteiger charge is -2.03. The molecule has 4 heteroatoms. The summed E-state index contributed by atoms with van der Waals surface area (Å²) in [5.41, 5.74) is 1.63. The fourth-order valence-corrected chi connectivity index (χ4v) is 0.942. The van der Waals surface area contributed by atoms with Crippen LogP contribution in [-0.2, 0) is 11.3 Å². The third-order valence-corrected chi connectivity index (χ3v) is 1.49. The van der Waals surface area contributed by atoms with Crippen molar-refractivity contribution < 1.29 is 9.84 Å². The van der Waals surface area contributed by atoms with Gasteiger partial charge in [0.15, 0.2) is 0 Å². The van der Waals surface area contributed by atoms with Crippen LogP contribution in [0.5, 0.6) is 0 Å². The molecule has 1 atom stereocenters. The Morgan fingerprint density at radius 3 is 3.09 bits per heavy atom. The number of nitrogens with one attached hydrogen (secondary N) is 1. The summed E-state index contributed by atoms with van der Waals surface area (Å²) in [7, 11) is 1.60. The largest absolute Gasteiger partial charge is 0.389 e. The summed E-state index contributed by atoms with van der Waals surface area (Å²) in [5.74, 6) is 0. The minimum Gasteiger partial charge on any atom is -0.389 e. The minimum atomic E-state index is -0.487. The summed E-state index contributed by atoms with van der Waals surface area (Å²) in [4.78, 5) is 0. The van der Waals surface area contributed by atoms with E-state index < -0.39 is 6.10 Å². The van der Waals surface area contributed by atoms with Gasteiger partial charge in [0.05, 0.1) is 24.6 Å². The molecule has 1 heterocycles. The smallest absolute Gasteiger partial charge is 0.0882 e. The third kappa shape index (κ3) is 1.78. The molecule has 2 N–H and O–H groups in total. The number of H-pyrrole nitrogens is 1. The Balaban J connectivity index is 2.78. The molecule has 11 heavy (non-hydrogen) atoms. The molecule has 1 aromatic heterocycles. The molecule has 0 aliphatic rings. The standard InChI is InChI=1S/C7H12N2O2/c1-5(10)6-3-8-9-7(6)4-11-2/h3,5,10H,4H2,1-2H3,(H,8,9). The topological polar surface area (TPSA) is 58.1 Å². The van der Waals surface area contributed by atoms with E-state index >= 15 is 0 Å². The number of aromatic nitrogens is 2. The van der Waals surface area contributed by atoms with Crippen molar-refractivity contribution in [3.63, 3.8) is 0 Å². The first-order valence-electron chi connectivity index (χ1n) is 3.45. The van der Waals surface area contributed by atoms with Gasteiger partial charge in [-0.05, 0) is 6.92 Å². The van der Waals surface area contributed by atoms with E-state index in [2.05, 4.69) is 10.2 Å². The van der Waals surface area contributed by atoms with Crippen molar-refractivity contribution in [3.05, 3.63) is 17.5 Å². The quantitative estimate of drug-likeness (QED) is 0.674. The monoisotopic (exact) mass is 156 g/mol. The van der Waals surface area contributed by atoms with Crippen molar-refractivity contribution in [2.45, 2.75) is 19.6 Å². The molecule has 0 aromatic carbocycles. The Kier molecular flexibility index (Phi) is 2.62. The number of hydrogen-bond donors (Lipinski definition) is 2. The van der Waals surface area contributed by atoms with E-state index in [9.17, 15) is 5.11 Å². The molecule has 62 valence electrons. The van der Waals surface area contributed by atoms with Gasteiger partial charge in [-0.1, -0.05) is 0 Å². The van der Waals surface area contributed by atoms with Crippen molar-refractivity contribution in [1.82, 2.24) is 10.2 Å². The second-order valence-electron chi connectivity index (χ2n) is 2.41. The molecule has 0 fully saturated rings. The van der Waals surface area contributed by atoms with E-state index in [1.165, 1.54) is 0 Å². The molecular formula is C7H12N2O2. The molecule has 1 unspecified atom stereocenters. The average Bonchev–Trinajstić information content (AvgIpc) is 2.36. The van der Waals surface area contributed by atoms with Crippen molar-refractivity contribution in [2.75, 3.05) is 7.11 Å². The lowest BCUT2D eigenvalue weighted by Crippen LogP contribution is -1.97. The van der Waals surface area contributed by atoms with Crippen LogP contribution in [-0.4, -0.2) is 22.4 Å². The second kappa shape index (κ2) is 3.50. The van der Waals surface area contributed by atoms with Crippen LogP contribution >= 0.6 is 0 Å². The Hall–Kier alpha value is -0.870. The number of aliphatic hydroxyl groups excluding tert-OH is 1. The molecule has 0 bridgehead atoms. The first kappa shape index (κ1) is 8.23. The number of aliphatic hydroxyl groups is 1. The van der Waals surface area contributed by atoms with Crippen LogP contribution < -0.4 is 0 Å². The molecule has 0 aliphatic carbocycles. The molecule has 0 aliphatic heterocycles.